The first kappa shape index (κ1) is 13.7. The SMILES string of the molecule is CC(C)=Cc1ccc(CC(=O)C(C)(C)C)cc1. The normalized spacial score (nSPS) is 11.1. The Labute approximate surface area is 105 Å². The van der Waals surface area contributed by atoms with Crippen LogP contribution in [0.2, 0.25) is 0 Å². The van der Waals surface area contributed by atoms with Gasteiger partial charge in [0.2, 0.25) is 0 Å². The molecule has 0 aromatic heterocycles. The van der Waals surface area contributed by atoms with Gasteiger partial charge in [0.1, 0.15) is 5.78 Å². The van der Waals surface area contributed by atoms with Gasteiger partial charge in [-0.05, 0) is 25.0 Å². The van der Waals surface area contributed by atoms with Crippen molar-refractivity contribution in [3.8, 4) is 0 Å². The summed E-state index contributed by atoms with van der Waals surface area (Å²) in [6.07, 6.45) is 2.66. The topological polar surface area (TPSA) is 17.1 Å². The fraction of sp³-hybridized carbons (Fsp3) is 0.438. The van der Waals surface area contributed by atoms with Crippen LogP contribution in [0.5, 0.6) is 0 Å². The zero-order valence-corrected chi connectivity index (χ0v) is 11.5. The predicted molar refractivity (Wildman–Crippen MR) is 73.9 cm³/mol. The third-order valence-corrected chi connectivity index (χ3v) is 2.64. The molecule has 0 radical (unpaired) electrons. The molecule has 0 amide bonds. The molecule has 0 aliphatic rings. The minimum Gasteiger partial charge on any atom is -0.299 e. The van der Waals surface area contributed by atoms with Gasteiger partial charge in [-0.2, -0.15) is 0 Å². The fourth-order valence-corrected chi connectivity index (χ4v) is 1.52. The van der Waals surface area contributed by atoms with E-state index in [4.69, 9.17) is 0 Å². The Morgan fingerprint density at radius 1 is 1.12 bits per heavy atom. The molecule has 1 aromatic rings. The summed E-state index contributed by atoms with van der Waals surface area (Å²) in [5, 5.41) is 0. The molecule has 1 heteroatoms. The lowest BCUT2D eigenvalue weighted by molar-refractivity contribution is -0.125. The second-order valence-electron chi connectivity index (χ2n) is 5.81. The van der Waals surface area contributed by atoms with Gasteiger partial charge < -0.3 is 0 Å². The molecule has 0 bridgehead atoms. The molecule has 0 N–H and O–H groups in total. The van der Waals surface area contributed by atoms with E-state index in [1.165, 1.54) is 11.1 Å². The summed E-state index contributed by atoms with van der Waals surface area (Å²) >= 11 is 0. The van der Waals surface area contributed by atoms with Crippen molar-refractivity contribution in [2.75, 3.05) is 0 Å². The number of allylic oxidation sites excluding steroid dienone is 1. The molecule has 17 heavy (non-hydrogen) atoms. The second kappa shape index (κ2) is 5.31. The van der Waals surface area contributed by atoms with E-state index in [0.717, 1.165) is 5.56 Å². The first-order chi connectivity index (χ1) is 7.79. The highest BCUT2D eigenvalue weighted by Gasteiger charge is 2.20. The Kier molecular flexibility index (Phi) is 4.28. The van der Waals surface area contributed by atoms with Gasteiger partial charge >= 0.3 is 0 Å². The number of hydrogen-bond acceptors (Lipinski definition) is 1. The van der Waals surface area contributed by atoms with Crippen LogP contribution in [0.15, 0.2) is 29.8 Å². The number of carbonyl (C=O) groups excluding carboxylic acids is 1. The lowest BCUT2D eigenvalue weighted by atomic mass is 9.87. The van der Waals surface area contributed by atoms with Crippen LogP contribution in [0.25, 0.3) is 6.08 Å². The van der Waals surface area contributed by atoms with Crippen LogP contribution in [0.4, 0.5) is 0 Å². The van der Waals surface area contributed by atoms with Gasteiger partial charge in [-0.15, -0.1) is 0 Å². The summed E-state index contributed by atoms with van der Waals surface area (Å²) < 4.78 is 0. The Bertz CT molecular complexity index is 412. The van der Waals surface area contributed by atoms with Gasteiger partial charge in [-0.3, -0.25) is 4.79 Å². The maximum absolute atomic E-state index is 11.9. The summed E-state index contributed by atoms with van der Waals surface area (Å²) in [5.41, 5.74) is 3.31. The third-order valence-electron chi connectivity index (χ3n) is 2.64. The second-order valence-corrected chi connectivity index (χ2v) is 5.81. The van der Waals surface area contributed by atoms with Crippen molar-refractivity contribution in [2.24, 2.45) is 5.41 Å². The lowest BCUT2D eigenvalue weighted by Gasteiger charge is -2.16. The van der Waals surface area contributed by atoms with Crippen molar-refractivity contribution < 1.29 is 4.79 Å². The molecule has 1 aromatic carbocycles. The molecule has 0 heterocycles. The lowest BCUT2D eigenvalue weighted by Crippen LogP contribution is -2.21. The van der Waals surface area contributed by atoms with E-state index in [1.54, 1.807) is 0 Å². The highest BCUT2D eigenvalue weighted by Crippen LogP contribution is 2.18. The van der Waals surface area contributed by atoms with E-state index in [1.807, 2.05) is 32.9 Å². The average Bonchev–Trinajstić information content (AvgIpc) is 2.18. The van der Waals surface area contributed by atoms with Crippen molar-refractivity contribution in [3.05, 3.63) is 41.0 Å². The molecule has 0 saturated carbocycles. The Morgan fingerprint density at radius 2 is 1.65 bits per heavy atom. The molecule has 0 fully saturated rings. The molecule has 0 saturated heterocycles. The number of ketones is 1. The van der Waals surface area contributed by atoms with E-state index in [9.17, 15) is 4.79 Å². The van der Waals surface area contributed by atoms with Crippen molar-refractivity contribution >= 4 is 11.9 Å². The van der Waals surface area contributed by atoms with Crippen LogP contribution in [-0.2, 0) is 11.2 Å². The van der Waals surface area contributed by atoms with Gasteiger partial charge in [0.25, 0.3) is 0 Å². The van der Waals surface area contributed by atoms with E-state index in [-0.39, 0.29) is 11.2 Å². The minimum atomic E-state index is -0.251. The summed E-state index contributed by atoms with van der Waals surface area (Å²) in [6.45, 7) is 10.1. The zero-order chi connectivity index (χ0) is 13.1. The van der Waals surface area contributed by atoms with E-state index in [0.29, 0.717) is 6.42 Å². The van der Waals surface area contributed by atoms with Crippen LogP contribution >= 0.6 is 0 Å². The minimum absolute atomic E-state index is 0.251. The Balaban J connectivity index is 2.76. The monoisotopic (exact) mass is 230 g/mol. The first-order valence-electron chi connectivity index (χ1n) is 6.06. The van der Waals surface area contributed by atoms with Crippen molar-refractivity contribution in [1.82, 2.24) is 0 Å². The van der Waals surface area contributed by atoms with Crippen LogP contribution in [-0.4, -0.2) is 5.78 Å². The van der Waals surface area contributed by atoms with Crippen LogP contribution in [0, 0.1) is 5.41 Å². The molecule has 0 aliphatic heterocycles. The number of benzene rings is 1. The van der Waals surface area contributed by atoms with E-state index < -0.39 is 0 Å². The molecule has 0 aliphatic carbocycles. The van der Waals surface area contributed by atoms with Gasteiger partial charge in [-0.1, -0.05) is 56.7 Å². The number of carbonyl (C=O) groups is 1. The molecule has 92 valence electrons. The molecule has 0 atom stereocenters. The Morgan fingerprint density at radius 3 is 2.06 bits per heavy atom. The number of Topliss-reactive ketones (excluding diaryl/α,β-unsaturated/α-hetero) is 1. The van der Waals surface area contributed by atoms with Crippen LogP contribution < -0.4 is 0 Å². The maximum atomic E-state index is 11.9. The molecule has 0 spiro atoms. The van der Waals surface area contributed by atoms with Crippen molar-refractivity contribution in [3.63, 3.8) is 0 Å². The van der Waals surface area contributed by atoms with E-state index >= 15 is 0 Å². The van der Waals surface area contributed by atoms with Gasteiger partial charge in [0.15, 0.2) is 0 Å². The summed E-state index contributed by atoms with van der Waals surface area (Å²) in [6, 6.07) is 8.22. The molecular weight excluding hydrogens is 208 g/mol. The van der Waals surface area contributed by atoms with Crippen molar-refractivity contribution in [1.29, 1.82) is 0 Å². The smallest absolute Gasteiger partial charge is 0.142 e. The zero-order valence-electron chi connectivity index (χ0n) is 11.5. The standard InChI is InChI=1S/C16H22O/c1-12(2)10-13-6-8-14(9-7-13)11-15(17)16(3,4)5/h6-10H,11H2,1-5H3. The van der Waals surface area contributed by atoms with Crippen LogP contribution in [0.3, 0.4) is 0 Å². The number of rotatable bonds is 3. The summed E-state index contributed by atoms with van der Waals surface area (Å²) in [4.78, 5) is 11.9. The van der Waals surface area contributed by atoms with E-state index in [2.05, 4.69) is 32.1 Å². The van der Waals surface area contributed by atoms with Gasteiger partial charge in [-0.25, -0.2) is 0 Å². The maximum Gasteiger partial charge on any atom is 0.142 e. The average molecular weight is 230 g/mol. The van der Waals surface area contributed by atoms with Crippen molar-refractivity contribution in [2.45, 2.75) is 41.0 Å². The fourth-order valence-electron chi connectivity index (χ4n) is 1.52. The highest BCUT2D eigenvalue weighted by molar-refractivity contribution is 5.85. The molecule has 1 nitrogen and oxygen atoms in total. The molecular formula is C16H22O. The number of hydrogen-bond donors (Lipinski definition) is 0. The highest BCUT2D eigenvalue weighted by atomic mass is 16.1. The quantitative estimate of drug-likeness (QED) is 0.758. The summed E-state index contributed by atoms with van der Waals surface area (Å²) in [7, 11) is 0. The summed E-state index contributed by atoms with van der Waals surface area (Å²) in [5.74, 6) is 0.285. The van der Waals surface area contributed by atoms with Crippen LogP contribution in [0.1, 0.15) is 45.7 Å². The van der Waals surface area contributed by atoms with Gasteiger partial charge in [0, 0.05) is 11.8 Å². The predicted octanol–water partition coefficient (Wildman–Crippen LogP) is 4.27. The Hall–Kier alpha value is -1.37. The molecule has 1 rings (SSSR count). The first-order valence-corrected chi connectivity index (χ1v) is 6.06. The largest absolute Gasteiger partial charge is 0.299 e. The third kappa shape index (κ3) is 4.56. The van der Waals surface area contributed by atoms with Gasteiger partial charge in [0.05, 0.1) is 0 Å². The molecule has 0 unspecified atom stereocenters.